The molecule has 0 heterocycles. The predicted molar refractivity (Wildman–Crippen MR) is 113 cm³/mol. The second kappa shape index (κ2) is 10.1. The number of ether oxygens (including phenoxy) is 3. The van der Waals surface area contributed by atoms with Crippen LogP contribution < -0.4 is 9.47 Å². The van der Waals surface area contributed by atoms with Crippen molar-refractivity contribution in [1.29, 1.82) is 0 Å². The van der Waals surface area contributed by atoms with Gasteiger partial charge in [0.25, 0.3) is 10.0 Å². The molecule has 0 spiro atoms. The maximum absolute atomic E-state index is 13.3. The number of esters is 1. The van der Waals surface area contributed by atoms with Crippen molar-refractivity contribution in [2.45, 2.75) is 31.7 Å². The number of hydrogen-bond acceptors (Lipinski definition) is 7. The summed E-state index contributed by atoms with van der Waals surface area (Å²) in [6, 6.07) is 10.8. The summed E-state index contributed by atoms with van der Waals surface area (Å²) in [6.45, 7) is 4.57. The Kier molecular flexibility index (Phi) is 7.82. The van der Waals surface area contributed by atoms with Crippen LogP contribution in [0.3, 0.4) is 0 Å². The molecule has 30 heavy (non-hydrogen) atoms. The smallest absolute Gasteiger partial charge is 0.302 e. The van der Waals surface area contributed by atoms with E-state index in [1.54, 1.807) is 37.3 Å². The number of aryl methyl sites for hydroxylation is 1. The number of hydrogen-bond donors (Lipinski definition) is 0. The van der Waals surface area contributed by atoms with Gasteiger partial charge in [-0.15, -0.1) is 0 Å². The fourth-order valence-electron chi connectivity index (χ4n) is 2.65. The minimum atomic E-state index is -4.01. The zero-order chi connectivity index (χ0) is 22.3. The maximum atomic E-state index is 13.3. The highest BCUT2D eigenvalue weighted by molar-refractivity contribution is 7.89. The van der Waals surface area contributed by atoms with Crippen LogP contribution >= 0.6 is 0 Å². The van der Waals surface area contributed by atoms with Gasteiger partial charge in [0.2, 0.25) is 0 Å². The third kappa shape index (κ3) is 5.50. The maximum Gasteiger partial charge on any atom is 0.302 e. The number of carbonyl (C=O) groups is 1. The normalized spacial score (nSPS) is 12.4. The van der Waals surface area contributed by atoms with E-state index < -0.39 is 22.0 Å². The minimum Gasteiger partial charge on any atom is -0.496 e. The van der Waals surface area contributed by atoms with E-state index in [1.807, 2.05) is 6.92 Å². The first kappa shape index (κ1) is 23.2. The van der Waals surface area contributed by atoms with Gasteiger partial charge >= 0.3 is 5.97 Å². The Morgan fingerprint density at radius 3 is 2.17 bits per heavy atom. The summed E-state index contributed by atoms with van der Waals surface area (Å²) < 4.78 is 43.1. The Morgan fingerprint density at radius 1 is 1.10 bits per heavy atom. The number of hydrazone groups is 1. The predicted octanol–water partition coefficient (Wildman–Crippen LogP) is 2.99. The van der Waals surface area contributed by atoms with E-state index in [-0.39, 0.29) is 11.5 Å². The van der Waals surface area contributed by atoms with Gasteiger partial charge in [0.05, 0.1) is 36.9 Å². The molecule has 0 saturated heterocycles. The summed E-state index contributed by atoms with van der Waals surface area (Å²) in [5.41, 5.74) is 1.40. The van der Waals surface area contributed by atoms with Crippen LogP contribution in [-0.4, -0.2) is 51.9 Å². The number of rotatable bonds is 9. The van der Waals surface area contributed by atoms with E-state index in [2.05, 4.69) is 5.10 Å². The third-order valence-electron chi connectivity index (χ3n) is 4.24. The molecule has 0 aliphatic heterocycles. The highest BCUT2D eigenvalue weighted by Gasteiger charge is 2.28. The van der Waals surface area contributed by atoms with Crippen LogP contribution in [0.1, 0.15) is 25.0 Å². The summed E-state index contributed by atoms with van der Waals surface area (Å²) in [5.74, 6) is 0.432. The first-order valence-electron chi connectivity index (χ1n) is 9.20. The Balaban J connectivity index is 2.50. The molecule has 0 bridgehead atoms. The van der Waals surface area contributed by atoms with Gasteiger partial charge in [0, 0.05) is 6.92 Å². The molecule has 0 aromatic heterocycles. The van der Waals surface area contributed by atoms with Gasteiger partial charge in [-0.1, -0.05) is 23.8 Å². The van der Waals surface area contributed by atoms with E-state index >= 15 is 0 Å². The van der Waals surface area contributed by atoms with Crippen LogP contribution in [0.4, 0.5) is 0 Å². The molecule has 0 N–H and O–H groups in total. The van der Waals surface area contributed by atoms with Gasteiger partial charge in [-0.2, -0.15) is 17.9 Å². The quantitative estimate of drug-likeness (QED) is 0.342. The monoisotopic (exact) mass is 434 g/mol. The number of nitrogens with zero attached hydrogens (tertiary/aromatic N) is 2. The molecule has 9 heteroatoms. The van der Waals surface area contributed by atoms with Crippen molar-refractivity contribution in [3.8, 4) is 11.5 Å². The van der Waals surface area contributed by atoms with Crippen molar-refractivity contribution in [3.63, 3.8) is 0 Å². The second-order valence-corrected chi connectivity index (χ2v) is 8.36. The second-order valence-electron chi connectivity index (χ2n) is 6.56. The average Bonchev–Trinajstić information content (AvgIpc) is 2.72. The molecule has 1 unspecified atom stereocenters. The van der Waals surface area contributed by atoms with Crippen molar-refractivity contribution in [2.75, 3.05) is 20.8 Å². The van der Waals surface area contributed by atoms with Gasteiger partial charge in [-0.25, -0.2) is 0 Å². The van der Waals surface area contributed by atoms with Gasteiger partial charge in [0.15, 0.2) is 0 Å². The van der Waals surface area contributed by atoms with Crippen molar-refractivity contribution < 1.29 is 27.4 Å². The zero-order valence-corrected chi connectivity index (χ0v) is 18.5. The molecule has 162 valence electrons. The summed E-state index contributed by atoms with van der Waals surface area (Å²) in [5, 5.41) is 4.23. The summed E-state index contributed by atoms with van der Waals surface area (Å²) in [6.07, 6.45) is 1.35. The lowest BCUT2D eigenvalue weighted by Gasteiger charge is -2.25. The Hall–Kier alpha value is -3.07. The molecule has 0 fully saturated rings. The SMILES string of the molecule is COc1cccc(OC)c1/C=N/N(C(C)COC(C)=O)S(=O)(=O)c1ccc(C)cc1. The van der Waals surface area contributed by atoms with Crippen LogP contribution in [-0.2, 0) is 19.6 Å². The van der Waals surface area contributed by atoms with Crippen molar-refractivity contribution in [3.05, 3.63) is 53.6 Å². The minimum absolute atomic E-state index is 0.0758. The van der Waals surface area contributed by atoms with Crippen LogP contribution in [0.15, 0.2) is 52.5 Å². The van der Waals surface area contributed by atoms with Crippen molar-refractivity contribution in [1.82, 2.24) is 4.41 Å². The molecule has 2 aromatic rings. The molecule has 8 nitrogen and oxygen atoms in total. The first-order chi connectivity index (χ1) is 14.2. The Labute approximate surface area is 177 Å². The summed E-state index contributed by atoms with van der Waals surface area (Å²) in [4.78, 5) is 11.3. The molecular weight excluding hydrogens is 408 g/mol. The van der Waals surface area contributed by atoms with E-state index in [0.717, 1.165) is 9.98 Å². The first-order valence-corrected chi connectivity index (χ1v) is 10.6. The fraction of sp³-hybridized carbons (Fsp3) is 0.333. The van der Waals surface area contributed by atoms with Gasteiger partial charge in [-0.3, -0.25) is 4.79 Å². The van der Waals surface area contributed by atoms with E-state index in [9.17, 15) is 13.2 Å². The van der Waals surface area contributed by atoms with E-state index in [0.29, 0.717) is 17.1 Å². The van der Waals surface area contributed by atoms with Crippen LogP contribution in [0.5, 0.6) is 11.5 Å². The molecule has 0 saturated carbocycles. The molecular formula is C21H26N2O6S. The van der Waals surface area contributed by atoms with Crippen molar-refractivity contribution >= 4 is 22.2 Å². The van der Waals surface area contributed by atoms with Crippen LogP contribution in [0, 0.1) is 6.92 Å². The molecule has 2 rings (SSSR count). The average molecular weight is 435 g/mol. The zero-order valence-electron chi connectivity index (χ0n) is 17.7. The largest absolute Gasteiger partial charge is 0.496 e. The van der Waals surface area contributed by atoms with Gasteiger partial charge < -0.3 is 14.2 Å². The lowest BCUT2D eigenvalue weighted by Crippen LogP contribution is -2.38. The standard InChI is InChI=1S/C21H26N2O6S/c1-15-9-11-18(12-10-15)30(25,26)23(16(2)14-29-17(3)24)22-13-19-20(27-4)7-6-8-21(19)28-5/h6-13,16H,14H2,1-5H3/b22-13+. The molecule has 0 radical (unpaired) electrons. The number of benzene rings is 2. The summed E-state index contributed by atoms with van der Waals surface area (Å²) >= 11 is 0. The molecule has 0 aliphatic carbocycles. The lowest BCUT2D eigenvalue weighted by molar-refractivity contribution is -0.142. The molecule has 1 atom stereocenters. The molecule has 0 aliphatic rings. The van der Waals surface area contributed by atoms with Crippen LogP contribution in [0.25, 0.3) is 0 Å². The number of methoxy groups -OCH3 is 2. The fourth-order valence-corrected chi connectivity index (χ4v) is 4.06. The molecule has 2 aromatic carbocycles. The summed E-state index contributed by atoms with van der Waals surface area (Å²) in [7, 11) is -1.02. The number of sulfonamides is 1. The highest BCUT2D eigenvalue weighted by Crippen LogP contribution is 2.27. The van der Waals surface area contributed by atoms with Gasteiger partial charge in [-0.05, 0) is 38.1 Å². The number of carbonyl (C=O) groups excluding carboxylic acids is 1. The lowest BCUT2D eigenvalue weighted by atomic mass is 10.2. The highest BCUT2D eigenvalue weighted by atomic mass is 32.2. The van der Waals surface area contributed by atoms with Crippen LogP contribution in [0.2, 0.25) is 0 Å². The van der Waals surface area contributed by atoms with Crippen molar-refractivity contribution in [2.24, 2.45) is 5.10 Å². The third-order valence-corrected chi connectivity index (χ3v) is 6.05. The van der Waals surface area contributed by atoms with Gasteiger partial charge in [0.1, 0.15) is 18.1 Å². The Bertz CT molecular complexity index is 980. The van der Waals surface area contributed by atoms with E-state index in [4.69, 9.17) is 14.2 Å². The topological polar surface area (TPSA) is 94.5 Å². The Morgan fingerprint density at radius 2 is 1.67 bits per heavy atom. The van der Waals surface area contributed by atoms with E-state index in [1.165, 1.54) is 39.5 Å². The molecule has 0 amide bonds.